The fourth-order valence-corrected chi connectivity index (χ4v) is 4.37. The van der Waals surface area contributed by atoms with Crippen molar-refractivity contribution in [3.05, 3.63) is 77.7 Å². The summed E-state index contributed by atoms with van der Waals surface area (Å²) < 4.78 is 14.9. The molecule has 2 aromatic heterocycles. The number of nitrogens with one attached hydrogen (secondary N) is 1. The van der Waals surface area contributed by atoms with Crippen molar-refractivity contribution in [2.45, 2.75) is 39.9 Å². The normalized spacial score (nSPS) is 12.1. The van der Waals surface area contributed by atoms with Crippen molar-refractivity contribution in [3.63, 3.8) is 0 Å². The van der Waals surface area contributed by atoms with E-state index in [1.807, 2.05) is 80.2 Å². The molecule has 0 fully saturated rings. The highest BCUT2D eigenvalue weighted by molar-refractivity contribution is 5.96. The Morgan fingerprint density at radius 2 is 1.85 bits per heavy atom. The van der Waals surface area contributed by atoms with Gasteiger partial charge in [0.2, 0.25) is 0 Å². The Morgan fingerprint density at radius 3 is 2.58 bits per heavy atom. The van der Waals surface area contributed by atoms with E-state index in [2.05, 4.69) is 40.4 Å². The van der Waals surface area contributed by atoms with Gasteiger partial charge in [0.15, 0.2) is 0 Å². The highest BCUT2D eigenvalue weighted by atomic mass is 16.5. The van der Waals surface area contributed by atoms with Crippen LogP contribution in [-0.2, 0) is 17.8 Å². The lowest BCUT2D eigenvalue weighted by Crippen LogP contribution is -2.27. The molecule has 0 spiro atoms. The summed E-state index contributed by atoms with van der Waals surface area (Å²) >= 11 is 0. The summed E-state index contributed by atoms with van der Waals surface area (Å²) in [5.41, 5.74) is 6.35. The van der Waals surface area contributed by atoms with Gasteiger partial charge in [-0.25, -0.2) is 0 Å². The van der Waals surface area contributed by atoms with Gasteiger partial charge in [-0.3, -0.25) is 14.2 Å². The van der Waals surface area contributed by atoms with Gasteiger partial charge in [0.25, 0.3) is 5.91 Å². The predicted molar refractivity (Wildman–Crippen MR) is 158 cm³/mol. The molecule has 0 saturated carbocycles. The Kier molecular flexibility index (Phi) is 9.74. The van der Waals surface area contributed by atoms with Crippen LogP contribution in [-0.4, -0.2) is 71.3 Å². The monoisotopic (exact) mass is 544 g/mol. The van der Waals surface area contributed by atoms with Crippen molar-refractivity contribution in [2.75, 3.05) is 41.0 Å². The average molecular weight is 545 g/mol. The Balaban J connectivity index is 1.61. The maximum absolute atomic E-state index is 13.4. The molecule has 9 nitrogen and oxygen atoms in total. The predicted octanol–water partition coefficient (Wildman–Crippen LogP) is 4.82. The number of carbonyl (C=O) groups is 1. The molecule has 9 heteroatoms. The van der Waals surface area contributed by atoms with Crippen LogP contribution in [0.5, 0.6) is 5.75 Å². The van der Waals surface area contributed by atoms with Crippen molar-refractivity contribution in [1.82, 2.24) is 29.8 Å². The lowest BCUT2D eigenvalue weighted by atomic mass is 9.96. The summed E-state index contributed by atoms with van der Waals surface area (Å²) in [6.07, 6.45) is 5.85. The average Bonchev–Trinajstić information content (AvgIpc) is 3.62. The Morgan fingerprint density at radius 1 is 1.05 bits per heavy atom. The fraction of sp³-hybridized carbons (Fsp3) is 0.387. The van der Waals surface area contributed by atoms with E-state index in [9.17, 15) is 4.79 Å². The van der Waals surface area contributed by atoms with Gasteiger partial charge in [0, 0.05) is 49.3 Å². The second-order valence-electron chi connectivity index (χ2n) is 10.2. The van der Waals surface area contributed by atoms with E-state index >= 15 is 0 Å². The minimum atomic E-state index is -0.249. The summed E-state index contributed by atoms with van der Waals surface area (Å²) in [5, 5.41) is 12.4. The highest BCUT2D eigenvalue weighted by Crippen LogP contribution is 2.30. The summed E-state index contributed by atoms with van der Waals surface area (Å²) in [7, 11) is 5.69. The number of ether oxygens (including phenoxy) is 2. The number of carbonyl (C=O) groups excluding carboxylic acids is 1. The number of amides is 1. The summed E-state index contributed by atoms with van der Waals surface area (Å²) in [6, 6.07) is 13.7. The van der Waals surface area contributed by atoms with Crippen LogP contribution in [0.15, 0.2) is 61.1 Å². The minimum absolute atomic E-state index is 0.141. The molecule has 212 valence electrons. The molecule has 0 unspecified atom stereocenters. The largest absolute Gasteiger partial charge is 0.492 e. The van der Waals surface area contributed by atoms with Crippen LogP contribution < -0.4 is 10.1 Å². The molecular formula is C31H40N6O3. The Labute approximate surface area is 236 Å². The number of aromatic nitrogens is 4. The van der Waals surface area contributed by atoms with Crippen LogP contribution in [0.25, 0.3) is 22.4 Å². The van der Waals surface area contributed by atoms with Gasteiger partial charge in [-0.15, -0.1) is 0 Å². The van der Waals surface area contributed by atoms with Gasteiger partial charge < -0.3 is 19.7 Å². The lowest BCUT2D eigenvalue weighted by Gasteiger charge is -2.18. The number of methoxy groups -OCH3 is 1. The number of hydrogen-bond donors (Lipinski definition) is 1. The fourth-order valence-electron chi connectivity index (χ4n) is 4.37. The molecule has 1 N–H and O–H groups in total. The molecule has 1 atom stereocenters. The maximum atomic E-state index is 13.4. The van der Waals surface area contributed by atoms with Crippen LogP contribution in [0.2, 0.25) is 0 Å². The van der Waals surface area contributed by atoms with Crippen molar-refractivity contribution >= 4 is 5.91 Å². The SMILES string of the molecule is CCn1ccc(-c2cc(-c3cnn(CCOC)c3)cc([C@@H](C)NC(=O)c3cc(OCCN(C)C)ccc3C)c2)n1. The molecule has 0 bridgehead atoms. The van der Waals surface area contributed by atoms with Crippen molar-refractivity contribution < 1.29 is 14.3 Å². The smallest absolute Gasteiger partial charge is 0.252 e. The first kappa shape index (κ1) is 29.0. The van der Waals surface area contributed by atoms with Crippen LogP contribution in [0.4, 0.5) is 0 Å². The van der Waals surface area contributed by atoms with Crippen molar-refractivity contribution in [3.8, 4) is 28.1 Å². The van der Waals surface area contributed by atoms with Crippen LogP contribution in [0.3, 0.4) is 0 Å². The van der Waals surface area contributed by atoms with Crippen molar-refractivity contribution in [1.29, 1.82) is 0 Å². The lowest BCUT2D eigenvalue weighted by molar-refractivity contribution is 0.0938. The van der Waals surface area contributed by atoms with Gasteiger partial charge in [0.05, 0.1) is 31.1 Å². The molecule has 0 saturated heterocycles. The van der Waals surface area contributed by atoms with E-state index in [4.69, 9.17) is 14.6 Å². The highest BCUT2D eigenvalue weighted by Gasteiger charge is 2.17. The third-order valence-corrected chi connectivity index (χ3v) is 6.82. The van der Waals surface area contributed by atoms with Gasteiger partial charge in [-0.1, -0.05) is 6.07 Å². The zero-order valence-corrected chi connectivity index (χ0v) is 24.3. The standard InChI is InChI=1S/C31H40N6O3/c1-7-36-11-10-30(34-36)26-17-24(16-25(18-26)27-20-32-37(21-27)13-14-39-6)23(3)33-31(38)29-19-28(9-8-22(29)2)40-15-12-35(4)5/h8-11,16-21,23H,7,12-15H2,1-6H3,(H,33,38)/t23-/m1/s1. The quantitative estimate of drug-likeness (QED) is 0.260. The molecule has 4 aromatic rings. The number of aryl methyl sites for hydroxylation is 2. The molecule has 0 aliphatic carbocycles. The third kappa shape index (κ3) is 7.37. The van der Waals surface area contributed by atoms with Crippen LogP contribution in [0, 0.1) is 6.92 Å². The summed E-state index contributed by atoms with van der Waals surface area (Å²) in [4.78, 5) is 15.5. The first-order valence-electron chi connectivity index (χ1n) is 13.7. The van der Waals surface area contributed by atoms with Gasteiger partial charge >= 0.3 is 0 Å². The molecule has 2 heterocycles. The number of rotatable bonds is 13. The summed E-state index contributed by atoms with van der Waals surface area (Å²) in [6.45, 7) is 9.41. The topological polar surface area (TPSA) is 86.4 Å². The van der Waals surface area contributed by atoms with Gasteiger partial charge in [-0.05, 0) is 88.0 Å². The number of hydrogen-bond acceptors (Lipinski definition) is 6. The van der Waals surface area contributed by atoms with E-state index in [1.165, 1.54) is 0 Å². The third-order valence-electron chi connectivity index (χ3n) is 6.82. The molecular weight excluding hydrogens is 504 g/mol. The molecule has 0 radical (unpaired) electrons. The van der Waals surface area contributed by atoms with E-state index < -0.39 is 0 Å². The minimum Gasteiger partial charge on any atom is -0.492 e. The number of nitrogens with zero attached hydrogens (tertiary/aromatic N) is 5. The Hall–Kier alpha value is -3.95. The van der Waals surface area contributed by atoms with Gasteiger partial charge in [-0.2, -0.15) is 10.2 Å². The molecule has 2 aromatic carbocycles. The second kappa shape index (κ2) is 13.4. The number of benzene rings is 2. The van der Waals surface area contributed by atoms with Crippen LogP contribution >= 0.6 is 0 Å². The molecule has 40 heavy (non-hydrogen) atoms. The molecule has 4 rings (SSSR count). The first-order chi connectivity index (χ1) is 19.3. The molecule has 0 aliphatic rings. The van der Waals surface area contributed by atoms with E-state index in [0.717, 1.165) is 46.6 Å². The van der Waals surface area contributed by atoms with Crippen molar-refractivity contribution in [2.24, 2.45) is 0 Å². The zero-order valence-electron chi connectivity index (χ0n) is 24.3. The van der Waals surface area contributed by atoms with E-state index in [1.54, 1.807) is 7.11 Å². The van der Waals surface area contributed by atoms with E-state index in [-0.39, 0.29) is 11.9 Å². The first-order valence-corrected chi connectivity index (χ1v) is 13.7. The maximum Gasteiger partial charge on any atom is 0.252 e. The summed E-state index contributed by atoms with van der Waals surface area (Å²) in [5.74, 6) is 0.546. The second-order valence-corrected chi connectivity index (χ2v) is 10.2. The van der Waals surface area contributed by atoms with Crippen LogP contribution in [0.1, 0.15) is 41.4 Å². The molecule has 0 aliphatic heterocycles. The number of likely N-dealkylation sites (N-methyl/N-ethyl adjacent to an activating group) is 1. The van der Waals surface area contributed by atoms with E-state index in [0.29, 0.717) is 31.1 Å². The van der Waals surface area contributed by atoms with Gasteiger partial charge in [0.1, 0.15) is 12.4 Å². The molecule has 1 amide bonds. The zero-order chi connectivity index (χ0) is 28.6. The Bertz CT molecular complexity index is 1420.